The van der Waals surface area contributed by atoms with Crippen LogP contribution >= 0.6 is 11.3 Å². The van der Waals surface area contributed by atoms with Crippen molar-refractivity contribution in [3.63, 3.8) is 0 Å². The van der Waals surface area contributed by atoms with Crippen LogP contribution in [0.15, 0.2) is 4.52 Å². The average Bonchev–Trinajstić information content (AvgIpc) is 3.27. The molecule has 2 aromatic heterocycles. The van der Waals surface area contributed by atoms with E-state index in [1.165, 1.54) is 11.6 Å². The fraction of sp³-hybridized carbons (Fsp3) is 0.765. The van der Waals surface area contributed by atoms with E-state index in [4.69, 9.17) is 14.7 Å². The maximum absolute atomic E-state index is 12.9. The molecular weight excluding hydrogens is 385 g/mol. The molecule has 0 aliphatic carbocycles. The van der Waals surface area contributed by atoms with E-state index in [1.54, 1.807) is 0 Å². The molecule has 2 atom stereocenters. The van der Waals surface area contributed by atoms with Crippen LogP contribution in [0.25, 0.3) is 0 Å². The summed E-state index contributed by atoms with van der Waals surface area (Å²) in [5.74, 6) is 1.35. The number of aromatic nitrogens is 4. The second-order valence-corrected chi connectivity index (χ2v) is 8.33. The van der Waals surface area contributed by atoms with Crippen molar-refractivity contribution in [2.45, 2.75) is 65.5 Å². The number of piperidine rings is 1. The molecule has 2 aromatic rings. The van der Waals surface area contributed by atoms with E-state index in [0.29, 0.717) is 17.1 Å². The molecule has 1 unspecified atom stereocenters. The van der Waals surface area contributed by atoms with Crippen LogP contribution in [0.3, 0.4) is 0 Å². The minimum atomic E-state index is -1.16. The lowest BCUT2D eigenvalue weighted by atomic mass is 9.92. The third-order valence-corrected chi connectivity index (χ3v) is 5.61. The van der Waals surface area contributed by atoms with Gasteiger partial charge in [-0.15, -0.1) is 5.10 Å². The summed E-state index contributed by atoms with van der Waals surface area (Å²) in [7, 11) is 0. The summed E-state index contributed by atoms with van der Waals surface area (Å²) in [4.78, 5) is 6.81. The van der Waals surface area contributed by atoms with E-state index in [0.717, 1.165) is 43.1 Å². The number of anilines is 1. The van der Waals surface area contributed by atoms with Gasteiger partial charge in [-0.2, -0.15) is 4.98 Å². The van der Waals surface area contributed by atoms with Crippen LogP contribution in [0.4, 0.5) is 10.4 Å². The molecular formula is C17H28FN7O2S. The highest BCUT2D eigenvalue weighted by molar-refractivity contribution is 7.10. The highest BCUT2D eigenvalue weighted by atomic mass is 32.1. The standard InChI is InChI=1S/C17H28FN7O2S/c1-10(2)14-21-16(27-23-14)24-7-5-13(6-8-24)11(3)26-17-22-25(15(19)28-17)9-20-12(4)18/h10-13,19-20H,5-9H2,1-4H3/t11-,12?/m1/s1. The van der Waals surface area contributed by atoms with Crippen LogP contribution in [0.1, 0.15) is 52.3 Å². The molecule has 9 nitrogen and oxygen atoms in total. The Balaban J connectivity index is 1.51. The number of hydrogen-bond acceptors (Lipinski definition) is 9. The Morgan fingerprint density at radius 1 is 1.32 bits per heavy atom. The smallest absolute Gasteiger partial charge is 0.324 e. The molecule has 0 spiro atoms. The number of rotatable bonds is 8. The summed E-state index contributed by atoms with van der Waals surface area (Å²) in [6.07, 6.45) is 0.710. The first-order valence-corrected chi connectivity index (χ1v) is 10.4. The fourth-order valence-corrected chi connectivity index (χ4v) is 3.79. The lowest BCUT2D eigenvalue weighted by Crippen LogP contribution is -2.38. The maximum atomic E-state index is 12.9. The Kier molecular flexibility index (Phi) is 6.65. The van der Waals surface area contributed by atoms with Crippen LogP contribution < -0.4 is 19.8 Å². The summed E-state index contributed by atoms with van der Waals surface area (Å²) in [6.45, 7) is 9.32. The lowest BCUT2D eigenvalue weighted by molar-refractivity contribution is 0.129. The first-order chi connectivity index (χ1) is 13.3. The first-order valence-electron chi connectivity index (χ1n) is 9.58. The molecule has 0 aromatic carbocycles. The van der Waals surface area contributed by atoms with E-state index in [9.17, 15) is 4.39 Å². The Morgan fingerprint density at radius 2 is 2.04 bits per heavy atom. The number of alkyl halides is 1. The van der Waals surface area contributed by atoms with E-state index in [-0.39, 0.29) is 23.5 Å². The SMILES string of the molecule is CC(F)NCn1nc(O[C@H](C)C2CCN(c3nc(C(C)C)no3)CC2)sc1=N. The lowest BCUT2D eigenvalue weighted by Gasteiger charge is -2.33. The van der Waals surface area contributed by atoms with Crippen LogP contribution in [0.2, 0.25) is 0 Å². The molecule has 0 amide bonds. The summed E-state index contributed by atoms with van der Waals surface area (Å²) in [5.41, 5.74) is 0. The molecule has 11 heteroatoms. The van der Waals surface area contributed by atoms with Crippen molar-refractivity contribution in [2.24, 2.45) is 5.92 Å². The molecule has 0 saturated carbocycles. The molecule has 1 fully saturated rings. The van der Waals surface area contributed by atoms with Crippen LogP contribution in [0, 0.1) is 11.3 Å². The quantitative estimate of drug-likeness (QED) is 0.641. The maximum Gasteiger partial charge on any atom is 0.324 e. The Morgan fingerprint density at radius 3 is 2.64 bits per heavy atom. The van der Waals surface area contributed by atoms with Gasteiger partial charge in [0, 0.05) is 19.0 Å². The number of halogens is 1. The van der Waals surface area contributed by atoms with Crippen LogP contribution in [-0.4, -0.2) is 45.4 Å². The molecule has 28 heavy (non-hydrogen) atoms. The van der Waals surface area contributed by atoms with Gasteiger partial charge in [-0.05, 0) is 43.9 Å². The van der Waals surface area contributed by atoms with Crippen molar-refractivity contribution >= 4 is 17.4 Å². The van der Waals surface area contributed by atoms with E-state index < -0.39 is 6.30 Å². The minimum absolute atomic E-state index is 0.0249. The molecule has 0 bridgehead atoms. The van der Waals surface area contributed by atoms with Gasteiger partial charge in [0.05, 0.1) is 6.67 Å². The number of nitrogens with zero attached hydrogens (tertiary/aromatic N) is 5. The highest BCUT2D eigenvalue weighted by Crippen LogP contribution is 2.27. The minimum Gasteiger partial charge on any atom is -0.466 e. The van der Waals surface area contributed by atoms with Crippen molar-refractivity contribution < 1.29 is 13.7 Å². The number of hydrogen-bond donors (Lipinski definition) is 2. The van der Waals surface area contributed by atoms with Crippen molar-refractivity contribution in [1.82, 2.24) is 25.2 Å². The van der Waals surface area contributed by atoms with Crippen molar-refractivity contribution in [1.29, 1.82) is 5.41 Å². The Labute approximate surface area is 167 Å². The zero-order chi connectivity index (χ0) is 20.3. The third-order valence-electron chi connectivity index (χ3n) is 4.85. The summed E-state index contributed by atoms with van der Waals surface area (Å²) >= 11 is 1.15. The summed E-state index contributed by atoms with van der Waals surface area (Å²) in [6, 6.07) is 0.588. The van der Waals surface area contributed by atoms with Gasteiger partial charge in [0.15, 0.2) is 5.82 Å². The fourth-order valence-electron chi connectivity index (χ4n) is 3.07. The molecule has 0 radical (unpaired) electrons. The van der Waals surface area contributed by atoms with Gasteiger partial charge in [0.2, 0.25) is 4.80 Å². The predicted molar refractivity (Wildman–Crippen MR) is 103 cm³/mol. The molecule has 3 rings (SSSR count). The third kappa shape index (κ3) is 5.07. The molecule has 1 aliphatic heterocycles. The van der Waals surface area contributed by atoms with Crippen molar-refractivity contribution in [3.05, 3.63) is 10.6 Å². The normalized spacial score (nSPS) is 17.9. The molecule has 1 aliphatic rings. The van der Waals surface area contributed by atoms with E-state index in [2.05, 4.69) is 25.5 Å². The Hall–Kier alpha value is -2.01. The zero-order valence-electron chi connectivity index (χ0n) is 16.7. The monoisotopic (exact) mass is 413 g/mol. The van der Waals surface area contributed by atoms with Gasteiger partial charge in [0.25, 0.3) is 5.19 Å². The second kappa shape index (κ2) is 8.99. The van der Waals surface area contributed by atoms with Gasteiger partial charge >= 0.3 is 6.01 Å². The van der Waals surface area contributed by atoms with Crippen molar-refractivity contribution in [2.75, 3.05) is 18.0 Å². The Bertz CT molecular complexity index is 811. The predicted octanol–water partition coefficient (Wildman–Crippen LogP) is 2.48. The van der Waals surface area contributed by atoms with Crippen LogP contribution in [-0.2, 0) is 6.67 Å². The second-order valence-electron chi connectivity index (χ2n) is 7.39. The summed E-state index contributed by atoms with van der Waals surface area (Å²) < 4.78 is 25.7. The first kappa shape index (κ1) is 20.7. The highest BCUT2D eigenvalue weighted by Gasteiger charge is 2.28. The van der Waals surface area contributed by atoms with Gasteiger partial charge in [-0.3, -0.25) is 10.7 Å². The number of nitrogens with one attached hydrogen (secondary N) is 2. The van der Waals surface area contributed by atoms with E-state index >= 15 is 0 Å². The topological polar surface area (TPSA) is 105 Å². The van der Waals surface area contributed by atoms with Gasteiger partial charge in [-0.1, -0.05) is 19.0 Å². The van der Waals surface area contributed by atoms with Gasteiger partial charge < -0.3 is 14.2 Å². The van der Waals surface area contributed by atoms with Gasteiger partial charge in [0.1, 0.15) is 12.4 Å². The largest absolute Gasteiger partial charge is 0.466 e. The molecule has 2 N–H and O–H groups in total. The number of ether oxygens (including phenoxy) is 1. The van der Waals surface area contributed by atoms with Crippen molar-refractivity contribution in [3.8, 4) is 5.19 Å². The molecule has 156 valence electrons. The molecule has 1 saturated heterocycles. The zero-order valence-corrected chi connectivity index (χ0v) is 17.5. The summed E-state index contributed by atoms with van der Waals surface area (Å²) in [5, 5.41) is 19.2. The average molecular weight is 414 g/mol. The van der Waals surface area contributed by atoms with E-state index in [1.807, 2.05) is 20.8 Å². The van der Waals surface area contributed by atoms with Gasteiger partial charge in [-0.25, -0.2) is 9.07 Å². The van der Waals surface area contributed by atoms with Crippen LogP contribution in [0.5, 0.6) is 5.19 Å². The molecule has 3 heterocycles.